The number of anilines is 1. The zero-order chi connectivity index (χ0) is 26.8. The minimum Gasteiger partial charge on any atom is -0.477 e. The van der Waals surface area contributed by atoms with E-state index in [0.717, 1.165) is 30.1 Å². The van der Waals surface area contributed by atoms with E-state index in [2.05, 4.69) is 14.8 Å². The van der Waals surface area contributed by atoms with Gasteiger partial charge in [-0.05, 0) is 30.3 Å². The number of aromatic carboxylic acids is 1. The third kappa shape index (κ3) is 4.05. The first kappa shape index (κ1) is 24.9. The van der Waals surface area contributed by atoms with E-state index < -0.39 is 23.4 Å². The molecule has 198 valence electrons. The number of thiophene rings is 1. The summed E-state index contributed by atoms with van der Waals surface area (Å²) in [6.07, 6.45) is 0. The van der Waals surface area contributed by atoms with Crippen LogP contribution in [0, 0.1) is 11.6 Å². The van der Waals surface area contributed by atoms with E-state index in [1.807, 2.05) is 12.1 Å². The Hall–Kier alpha value is -3.41. The van der Waals surface area contributed by atoms with Gasteiger partial charge >= 0.3 is 5.97 Å². The molecule has 38 heavy (non-hydrogen) atoms. The Morgan fingerprint density at radius 1 is 1.18 bits per heavy atom. The number of aromatic nitrogens is 2. The molecule has 0 amide bonds. The topological polar surface area (TPSA) is 80.1 Å². The number of benzene rings is 2. The van der Waals surface area contributed by atoms with Crippen LogP contribution in [0.2, 0.25) is 5.02 Å². The average Bonchev–Trinajstić information content (AvgIpc) is 3.50. The summed E-state index contributed by atoms with van der Waals surface area (Å²) in [5.41, 5.74) is 1.34. The molecule has 4 heterocycles. The summed E-state index contributed by atoms with van der Waals surface area (Å²) in [4.78, 5) is 20.2. The molecule has 2 aliphatic rings. The van der Waals surface area contributed by atoms with E-state index in [4.69, 9.17) is 21.1 Å². The Balaban J connectivity index is 1.17. The van der Waals surface area contributed by atoms with Gasteiger partial charge in [-0.15, -0.1) is 11.3 Å². The maximum absolute atomic E-state index is 14.7. The molecule has 0 aliphatic carbocycles. The van der Waals surface area contributed by atoms with Crippen molar-refractivity contribution in [3.05, 3.63) is 69.3 Å². The lowest BCUT2D eigenvalue weighted by molar-refractivity contribution is -0.0705. The molecular weight excluding hydrogens is 538 g/mol. The standard InChI is InChI=1S/C26H23ClF2N4O4S/c1-26(15-7-6-14(27)12-16(15)28)36-18-5-3-4-17(22(18)37-26)33-10-8-32(9-11-33)13-19-30-24-21(31(19)2)20(29)23(38-24)25(34)35/h3-7,12H,8-11,13H2,1-2H3,(H,34,35)/t26-/m0/s1. The number of carboxylic acids is 1. The van der Waals surface area contributed by atoms with Crippen LogP contribution in [-0.4, -0.2) is 51.7 Å². The fourth-order valence-electron chi connectivity index (χ4n) is 5.03. The van der Waals surface area contributed by atoms with Crippen molar-refractivity contribution in [2.24, 2.45) is 7.05 Å². The Morgan fingerprint density at radius 3 is 2.63 bits per heavy atom. The molecule has 8 nitrogen and oxygen atoms in total. The van der Waals surface area contributed by atoms with Crippen molar-refractivity contribution in [2.75, 3.05) is 31.1 Å². The predicted molar refractivity (Wildman–Crippen MR) is 139 cm³/mol. The van der Waals surface area contributed by atoms with Gasteiger partial charge in [-0.1, -0.05) is 17.7 Å². The molecule has 0 saturated carbocycles. The second kappa shape index (κ2) is 9.11. The maximum atomic E-state index is 14.7. The highest BCUT2D eigenvalue weighted by Crippen LogP contribution is 2.50. The highest BCUT2D eigenvalue weighted by Gasteiger charge is 2.42. The molecule has 0 spiro atoms. The lowest BCUT2D eigenvalue weighted by atomic mass is 10.1. The summed E-state index contributed by atoms with van der Waals surface area (Å²) in [6.45, 7) is 5.02. The third-order valence-electron chi connectivity index (χ3n) is 7.01. The first-order valence-electron chi connectivity index (χ1n) is 12.0. The molecule has 0 bridgehead atoms. The summed E-state index contributed by atoms with van der Waals surface area (Å²) in [5.74, 6) is -2.08. The largest absolute Gasteiger partial charge is 0.477 e. The van der Waals surface area contributed by atoms with Gasteiger partial charge in [0.25, 0.3) is 5.79 Å². The lowest BCUT2D eigenvalue weighted by Crippen LogP contribution is -2.46. The van der Waals surface area contributed by atoms with Crippen molar-refractivity contribution in [3.63, 3.8) is 0 Å². The first-order chi connectivity index (χ1) is 18.1. The molecule has 6 rings (SSSR count). The number of imidazole rings is 1. The van der Waals surface area contributed by atoms with Gasteiger partial charge in [0.05, 0.1) is 17.8 Å². The number of nitrogens with zero attached hydrogens (tertiary/aromatic N) is 4. The van der Waals surface area contributed by atoms with Crippen LogP contribution in [0.15, 0.2) is 36.4 Å². The highest BCUT2D eigenvalue weighted by atomic mass is 35.5. The fourth-order valence-corrected chi connectivity index (χ4v) is 6.13. The van der Waals surface area contributed by atoms with Gasteiger partial charge in [-0.3, -0.25) is 4.90 Å². The molecule has 2 aliphatic heterocycles. The van der Waals surface area contributed by atoms with Gasteiger partial charge in [0.1, 0.15) is 22.0 Å². The van der Waals surface area contributed by atoms with Crippen molar-refractivity contribution in [2.45, 2.75) is 19.3 Å². The quantitative estimate of drug-likeness (QED) is 0.358. The summed E-state index contributed by atoms with van der Waals surface area (Å²) in [7, 11) is 1.70. The number of piperazine rings is 1. The number of rotatable bonds is 5. The van der Waals surface area contributed by atoms with Crippen LogP contribution in [0.25, 0.3) is 10.3 Å². The van der Waals surface area contributed by atoms with Crippen molar-refractivity contribution in [3.8, 4) is 11.5 Å². The van der Waals surface area contributed by atoms with Gasteiger partial charge < -0.3 is 24.0 Å². The van der Waals surface area contributed by atoms with E-state index in [1.165, 1.54) is 6.07 Å². The molecule has 1 fully saturated rings. The molecule has 2 aromatic heterocycles. The highest BCUT2D eigenvalue weighted by molar-refractivity contribution is 7.20. The van der Waals surface area contributed by atoms with Crippen LogP contribution < -0.4 is 14.4 Å². The van der Waals surface area contributed by atoms with Crippen molar-refractivity contribution < 1.29 is 28.2 Å². The van der Waals surface area contributed by atoms with Gasteiger partial charge in [0, 0.05) is 45.2 Å². The summed E-state index contributed by atoms with van der Waals surface area (Å²) in [6, 6.07) is 10.0. The molecule has 1 N–H and O–H groups in total. The molecule has 2 aromatic carbocycles. The van der Waals surface area contributed by atoms with Crippen LogP contribution >= 0.6 is 22.9 Å². The lowest BCUT2D eigenvalue weighted by Gasteiger charge is -2.36. The van der Waals surface area contributed by atoms with Crippen molar-refractivity contribution >= 4 is 44.9 Å². The summed E-state index contributed by atoms with van der Waals surface area (Å²) in [5, 5.41) is 9.47. The van der Waals surface area contributed by atoms with Gasteiger partial charge in [-0.25, -0.2) is 18.6 Å². The number of fused-ring (bicyclic) bond motifs is 2. The Morgan fingerprint density at radius 2 is 1.95 bits per heavy atom. The van der Waals surface area contributed by atoms with E-state index in [-0.39, 0.29) is 16.0 Å². The average molecular weight is 561 g/mol. The molecule has 0 unspecified atom stereocenters. The number of para-hydroxylation sites is 1. The zero-order valence-electron chi connectivity index (χ0n) is 20.5. The first-order valence-corrected chi connectivity index (χ1v) is 13.1. The zero-order valence-corrected chi connectivity index (χ0v) is 22.1. The number of ether oxygens (including phenoxy) is 2. The molecule has 1 saturated heterocycles. The molecule has 12 heteroatoms. The number of hydrogen-bond acceptors (Lipinski definition) is 7. The van der Waals surface area contributed by atoms with E-state index in [1.54, 1.807) is 36.7 Å². The monoisotopic (exact) mass is 560 g/mol. The minimum absolute atomic E-state index is 0.221. The predicted octanol–water partition coefficient (Wildman–Crippen LogP) is 5.23. The number of carboxylic acid groups (broad SMARTS) is 1. The Labute approximate surface area is 225 Å². The Bertz CT molecular complexity index is 1580. The smallest absolute Gasteiger partial charge is 0.349 e. The van der Waals surface area contributed by atoms with Crippen LogP contribution in [0.5, 0.6) is 11.5 Å². The normalized spacial score (nSPS) is 19.4. The van der Waals surface area contributed by atoms with E-state index >= 15 is 0 Å². The molecule has 0 radical (unpaired) electrons. The van der Waals surface area contributed by atoms with Crippen molar-refractivity contribution in [1.29, 1.82) is 0 Å². The molecular formula is C26H23ClF2N4O4S. The number of halogens is 3. The van der Waals surface area contributed by atoms with Crippen LogP contribution in [0.3, 0.4) is 0 Å². The van der Waals surface area contributed by atoms with Crippen molar-refractivity contribution in [1.82, 2.24) is 14.5 Å². The second-order valence-electron chi connectivity index (χ2n) is 9.43. The van der Waals surface area contributed by atoms with E-state index in [9.17, 15) is 18.7 Å². The van der Waals surface area contributed by atoms with Crippen LogP contribution in [-0.2, 0) is 19.4 Å². The molecule has 1 atom stereocenters. The number of aryl methyl sites for hydroxylation is 1. The SMILES string of the molecule is Cn1c(CN2CCN(c3cccc4c3O[C@@](C)(c3ccc(Cl)cc3F)O4)CC2)nc2sc(C(=O)O)c(F)c21. The Kier molecular flexibility index (Phi) is 5.97. The van der Waals surface area contributed by atoms with Crippen LogP contribution in [0.4, 0.5) is 14.5 Å². The third-order valence-corrected chi connectivity index (χ3v) is 8.29. The fraction of sp³-hybridized carbons (Fsp3) is 0.308. The summed E-state index contributed by atoms with van der Waals surface area (Å²) >= 11 is 6.77. The van der Waals surface area contributed by atoms with Gasteiger partial charge in [0.15, 0.2) is 22.2 Å². The van der Waals surface area contributed by atoms with Gasteiger partial charge in [-0.2, -0.15) is 0 Å². The van der Waals surface area contributed by atoms with E-state index in [0.29, 0.717) is 46.8 Å². The second-order valence-corrected chi connectivity index (χ2v) is 10.9. The van der Waals surface area contributed by atoms with Crippen LogP contribution in [0.1, 0.15) is 28.0 Å². The maximum Gasteiger partial charge on any atom is 0.349 e. The van der Waals surface area contributed by atoms with Gasteiger partial charge in [0.2, 0.25) is 0 Å². The number of carbonyl (C=O) groups is 1. The number of hydrogen-bond donors (Lipinski definition) is 1. The summed E-state index contributed by atoms with van der Waals surface area (Å²) < 4.78 is 43.2. The molecule has 4 aromatic rings. The minimum atomic E-state index is -1.32.